The van der Waals surface area contributed by atoms with Gasteiger partial charge in [-0.3, -0.25) is 4.90 Å². The summed E-state index contributed by atoms with van der Waals surface area (Å²) in [6.45, 7) is 6.91. The Labute approximate surface area is 117 Å². The third-order valence-electron chi connectivity index (χ3n) is 3.35. The van der Waals surface area contributed by atoms with Crippen LogP contribution in [0, 0.1) is 0 Å². The van der Waals surface area contributed by atoms with Crippen LogP contribution in [0.1, 0.15) is 37.1 Å². The Morgan fingerprint density at radius 1 is 1.41 bits per heavy atom. The predicted molar refractivity (Wildman–Crippen MR) is 78.7 cm³/mol. The Kier molecular flexibility index (Phi) is 5.48. The van der Waals surface area contributed by atoms with Gasteiger partial charge in [0, 0.05) is 37.1 Å². The van der Waals surface area contributed by atoms with E-state index >= 15 is 0 Å². The van der Waals surface area contributed by atoms with Crippen LogP contribution in [0.2, 0.25) is 0 Å². The van der Waals surface area contributed by atoms with E-state index in [9.17, 15) is 0 Å². The molecular weight excluding hydrogens is 296 g/mol. The zero-order chi connectivity index (χ0) is 12.1. The Balaban J connectivity index is 2.06. The minimum Gasteiger partial charge on any atom is -0.314 e. The van der Waals surface area contributed by atoms with Gasteiger partial charge in [0.15, 0.2) is 0 Å². The maximum Gasteiger partial charge on any atom is 0.0701 e. The van der Waals surface area contributed by atoms with E-state index in [1.807, 2.05) is 11.3 Å². The van der Waals surface area contributed by atoms with Crippen LogP contribution in [-0.4, -0.2) is 31.1 Å². The lowest BCUT2D eigenvalue weighted by Gasteiger charge is -2.34. The van der Waals surface area contributed by atoms with Crippen LogP contribution in [0.4, 0.5) is 0 Å². The van der Waals surface area contributed by atoms with E-state index in [1.54, 1.807) is 0 Å². The van der Waals surface area contributed by atoms with Crippen LogP contribution >= 0.6 is 27.3 Å². The molecule has 2 rings (SSSR count). The predicted octanol–water partition coefficient (Wildman–Crippen LogP) is 3.65. The number of halogens is 1. The third-order valence-corrected chi connectivity index (χ3v) is 5.07. The summed E-state index contributed by atoms with van der Waals surface area (Å²) in [6, 6.07) is 5.10. The monoisotopic (exact) mass is 316 g/mol. The number of piperazine rings is 1. The van der Waals surface area contributed by atoms with Crippen LogP contribution in [0.15, 0.2) is 15.9 Å². The van der Waals surface area contributed by atoms with Crippen molar-refractivity contribution in [2.75, 3.05) is 26.2 Å². The molecule has 0 saturated carbocycles. The van der Waals surface area contributed by atoms with Crippen LogP contribution in [-0.2, 0) is 0 Å². The van der Waals surface area contributed by atoms with Gasteiger partial charge in [0.25, 0.3) is 0 Å². The third kappa shape index (κ3) is 3.78. The summed E-state index contributed by atoms with van der Waals surface area (Å²) >= 11 is 5.47. The summed E-state index contributed by atoms with van der Waals surface area (Å²) in [5.41, 5.74) is 0. The average molecular weight is 317 g/mol. The standard InChI is InChI=1S/C13H21BrN2S/c1-2-3-4-11(12-5-6-13(14)17-12)16-9-7-15-8-10-16/h5-6,11,15H,2-4,7-10H2,1H3/t11-/m1/s1. The molecule has 96 valence electrons. The normalized spacial score (nSPS) is 19.4. The molecular formula is C13H21BrN2S. The van der Waals surface area contributed by atoms with Crippen molar-refractivity contribution in [3.05, 3.63) is 20.8 Å². The van der Waals surface area contributed by atoms with E-state index in [1.165, 1.54) is 41.0 Å². The fourth-order valence-corrected chi connectivity index (χ4v) is 4.00. The number of nitrogens with zero attached hydrogens (tertiary/aromatic N) is 1. The first kappa shape index (κ1) is 13.5. The van der Waals surface area contributed by atoms with E-state index in [4.69, 9.17) is 0 Å². The Morgan fingerprint density at radius 3 is 2.76 bits per heavy atom. The molecule has 0 amide bonds. The highest BCUT2D eigenvalue weighted by atomic mass is 79.9. The molecule has 0 aromatic carbocycles. The molecule has 0 bridgehead atoms. The lowest BCUT2D eigenvalue weighted by Crippen LogP contribution is -2.45. The van der Waals surface area contributed by atoms with Gasteiger partial charge >= 0.3 is 0 Å². The number of nitrogens with one attached hydrogen (secondary N) is 1. The first-order valence-electron chi connectivity index (χ1n) is 6.51. The Bertz CT molecular complexity index is 334. The summed E-state index contributed by atoms with van der Waals surface area (Å²) in [5.74, 6) is 0. The second kappa shape index (κ2) is 6.88. The largest absolute Gasteiger partial charge is 0.314 e. The zero-order valence-electron chi connectivity index (χ0n) is 10.4. The minimum absolute atomic E-state index is 0.633. The summed E-state index contributed by atoms with van der Waals surface area (Å²) in [4.78, 5) is 4.16. The fourth-order valence-electron chi connectivity index (χ4n) is 2.40. The summed E-state index contributed by atoms with van der Waals surface area (Å²) in [6.07, 6.45) is 3.91. The first-order chi connectivity index (χ1) is 8.31. The van der Waals surface area contributed by atoms with Gasteiger partial charge in [-0.15, -0.1) is 11.3 Å². The van der Waals surface area contributed by atoms with Gasteiger partial charge in [0.1, 0.15) is 0 Å². The van der Waals surface area contributed by atoms with E-state index < -0.39 is 0 Å². The average Bonchev–Trinajstić information content (AvgIpc) is 2.78. The maximum absolute atomic E-state index is 3.58. The molecule has 0 radical (unpaired) electrons. The van der Waals surface area contributed by atoms with Crippen LogP contribution in [0.3, 0.4) is 0 Å². The quantitative estimate of drug-likeness (QED) is 0.892. The van der Waals surface area contributed by atoms with Gasteiger partial charge in [-0.25, -0.2) is 0 Å². The smallest absolute Gasteiger partial charge is 0.0701 e. The van der Waals surface area contributed by atoms with Crippen LogP contribution < -0.4 is 5.32 Å². The molecule has 1 saturated heterocycles. The molecule has 4 heteroatoms. The summed E-state index contributed by atoms with van der Waals surface area (Å²) < 4.78 is 1.25. The molecule has 1 aromatic rings. The Morgan fingerprint density at radius 2 is 2.18 bits per heavy atom. The van der Waals surface area contributed by atoms with Gasteiger partial charge in [-0.05, 0) is 34.5 Å². The van der Waals surface area contributed by atoms with Crippen molar-refractivity contribution in [1.82, 2.24) is 10.2 Å². The first-order valence-corrected chi connectivity index (χ1v) is 8.12. The molecule has 1 fully saturated rings. The molecule has 0 aliphatic carbocycles. The highest BCUT2D eigenvalue weighted by Gasteiger charge is 2.22. The minimum atomic E-state index is 0.633. The van der Waals surface area contributed by atoms with Crippen molar-refractivity contribution in [3.63, 3.8) is 0 Å². The zero-order valence-corrected chi connectivity index (χ0v) is 12.8. The number of unbranched alkanes of at least 4 members (excludes halogenated alkanes) is 1. The fraction of sp³-hybridized carbons (Fsp3) is 0.692. The molecule has 0 unspecified atom stereocenters. The van der Waals surface area contributed by atoms with Gasteiger partial charge in [0.05, 0.1) is 3.79 Å². The second-order valence-corrected chi connectivity index (χ2v) is 7.08. The topological polar surface area (TPSA) is 15.3 Å². The van der Waals surface area contributed by atoms with E-state index in [0.29, 0.717) is 6.04 Å². The van der Waals surface area contributed by atoms with Crippen molar-refractivity contribution in [2.45, 2.75) is 32.2 Å². The van der Waals surface area contributed by atoms with E-state index in [2.05, 4.69) is 45.2 Å². The van der Waals surface area contributed by atoms with Crippen molar-refractivity contribution < 1.29 is 0 Å². The highest BCUT2D eigenvalue weighted by molar-refractivity contribution is 9.11. The van der Waals surface area contributed by atoms with Crippen LogP contribution in [0.25, 0.3) is 0 Å². The highest BCUT2D eigenvalue weighted by Crippen LogP contribution is 2.34. The molecule has 1 N–H and O–H groups in total. The number of thiophene rings is 1. The summed E-state index contributed by atoms with van der Waals surface area (Å²) in [5, 5.41) is 3.43. The van der Waals surface area contributed by atoms with Crippen LogP contribution in [0.5, 0.6) is 0 Å². The lowest BCUT2D eigenvalue weighted by atomic mass is 10.1. The number of hydrogen-bond acceptors (Lipinski definition) is 3. The molecule has 1 aromatic heterocycles. The molecule has 2 nitrogen and oxygen atoms in total. The molecule has 2 heterocycles. The molecule has 1 aliphatic heterocycles. The van der Waals surface area contributed by atoms with E-state index in [0.717, 1.165) is 13.1 Å². The maximum atomic E-state index is 3.58. The van der Waals surface area contributed by atoms with Gasteiger partial charge in [-0.2, -0.15) is 0 Å². The van der Waals surface area contributed by atoms with Crippen molar-refractivity contribution in [1.29, 1.82) is 0 Å². The SMILES string of the molecule is CCCC[C@H](c1ccc(Br)s1)N1CCNCC1. The lowest BCUT2D eigenvalue weighted by molar-refractivity contribution is 0.165. The van der Waals surface area contributed by atoms with Crippen molar-refractivity contribution in [2.24, 2.45) is 0 Å². The Hall–Kier alpha value is 0.1000. The van der Waals surface area contributed by atoms with E-state index in [-0.39, 0.29) is 0 Å². The summed E-state index contributed by atoms with van der Waals surface area (Å²) in [7, 11) is 0. The number of rotatable bonds is 5. The molecule has 1 atom stereocenters. The van der Waals surface area contributed by atoms with Crippen molar-refractivity contribution >= 4 is 27.3 Å². The second-order valence-electron chi connectivity index (χ2n) is 4.59. The molecule has 17 heavy (non-hydrogen) atoms. The van der Waals surface area contributed by atoms with Gasteiger partial charge in [-0.1, -0.05) is 19.8 Å². The van der Waals surface area contributed by atoms with Crippen molar-refractivity contribution in [3.8, 4) is 0 Å². The van der Waals surface area contributed by atoms with Gasteiger partial charge in [0.2, 0.25) is 0 Å². The number of hydrogen-bond donors (Lipinski definition) is 1. The molecule has 1 aliphatic rings. The van der Waals surface area contributed by atoms with Gasteiger partial charge < -0.3 is 5.32 Å². The molecule has 0 spiro atoms.